The van der Waals surface area contributed by atoms with E-state index in [9.17, 15) is 4.57 Å². The van der Waals surface area contributed by atoms with Gasteiger partial charge in [0.05, 0.1) is 0 Å². The first-order valence-corrected chi connectivity index (χ1v) is 3.47. The zero-order chi connectivity index (χ0) is 7.33. The summed E-state index contributed by atoms with van der Waals surface area (Å²) in [5, 5.41) is 8.47. The summed E-state index contributed by atoms with van der Waals surface area (Å²) in [6.45, 7) is 0.644. The van der Waals surface area contributed by atoms with E-state index in [4.69, 9.17) is 5.11 Å². The molecule has 1 N–H and O–H groups in total. The Morgan fingerprint density at radius 3 is 2.40 bits per heavy atom. The van der Waals surface area contributed by atoms with E-state index in [0.717, 1.165) is 0 Å². The molecular weight excluding hydrogens is 264 g/mol. The summed E-state index contributed by atoms with van der Waals surface area (Å²) in [5.41, 5.74) is 0. The predicted molar refractivity (Wildman–Crippen MR) is 35.6 cm³/mol. The van der Waals surface area contributed by atoms with Gasteiger partial charge < -0.3 is 24.0 Å². The molecule has 60 valence electrons. The first kappa shape index (κ1) is 13.3. The number of aliphatic hydroxyl groups is 1. The van der Waals surface area contributed by atoms with Gasteiger partial charge in [-0.2, -0.15) is 0 Å². The van der Waals surface area contributed by atoms with Crippen molar-refractivity contribution in [3.63, 3.8) is 0 Å². The number of aliphatic hydroxyl groups excluding tert-OH is 1. The normalized spacial score (nSPS) is 9.50. The van der Waals surface area contributed by atoms with Gasteiger partial charge in [0.1, 0.15) is 0 Å². The van der Waals surface area contributed by atoms with Crippen LogP contribution in [0.2, 0.25) is 0 Å². The molecule has 0 radical (unpaired) electrons. The van der Waals surface area contributed by atoms with Crippen LogP contribution in [0.25, 0.3) is 0 Å². The Kier molecular flexibility index (Phi) is 8.46. The summed E-state index contributed by atoms with van der Waals surface area (Å²) < 4.78 is 10.3. The molecule has 0 aliphatic rings. The van der Waals surface area contributed by atoms with Crippen LogP contribution in [0.5, 0.6) is 0 Å². The largest absolute Gasteiger partial charge is 1.00 e. The van der Waals surface area contributed by atoms with Crippen LogP contribution in [0.4, 0.5) is 0 Å². The molecule has 0 aromatic heterocycles. The number of hydrogen-bond acceptors (Lipinski definition) is 2. The van der Waals surface area contributed by atoms with Crippen LogP contribution in [0.3, 0.4) is 0 Å². The van der Waals surface area contributed by atoms with Crippen molar-refractivity contribution >= 4 is 7.92 Å². The third-order valence-corrected chi connectivity index (χ3v) is 1.59. The van der Waals surface area contributed by atoms with Crippen LogP contribution in [-0.4, -0.2) is 36.8 Å². The average Bonchev–Trinajstić information content (AvgIpc) is 1.64. The number of rotatable bonds is 2. The zero-order valence-corrected chi connectivity index (χ0v) is 9.09. The van der Waals surface area contributed by atoms with Crippen molar-refractivity contribution < 1.29 is 38.1 Å². The van der Waals surface area contributed by atoms with Gasteiger partial charge in [-0.05, 0) is 0 Å². The monoisotopic (exact) mass is 275 g/mol. The van der Waals surface area contributed by atoms with Gasteiger partial charge >= 0.3 is 55.1 Å². The SMILES string of the molecule is C[N+](C)(C#P=O)CCO.[I-]. The third kappa shape index (κ3) is 6.78. The quantitative estimate of drug-likeness (QED) is 0.337. The maximum atomic E-state index is 9.98. The molecule has 0 unspecified atom stereocenters. The molecule has 0 spiro atoms. The molecule has 0 aliphatic carbocycles. The van der Waals surface area contributed by atoms with Crippen molar-refractivity contribution in [3.8, 4) is 5.75 Å². The number of likely N-dealkylation sites (N-methyl/N-ethyl adjacent to an activating group) is 1. The molecule has 3 nitrogen and oxygen atoms in total. The van der Waals surface area contributed by atoms with Gasteiger partial charge in [0.15, 0.2) is 0 Å². The summed E-state index contributed by atoms with van der Waals surface area (Å²) in [5.74, 6) is 2.62. The molecule has 0 bridgehead atoms. The van der Waals surface area contributed by atoms with Gasteiger partial charge in [-0.25, -0.2) is 0 Å². The standard InChI is InChI=1S/C5H11NO2P.HI/c1-6(2,3-4-7)5-9-8;/h7H,3-4H2,1-2H3;1H/q+1;/p-1. The molecule has 0 aliphatic heterocycles. The maximum absolute atomic E-state index is 9.98. The summed E-state index contributed by atoms with van der Waals surface area (Å²) in [6.07, 6.45) is 0. The van der Waals surface area contributed by atoms with Gasteiger partial charge in [-0.3, -0.25) is 0 Å². The summed E-state index contributed by atoms with van der Waals surface area (Å²) in [7, 11) is 3.54. The van der Waals surface area contributed by atoms with Crippen molar-refractivity contribution in [3.05, 3.63) is 0 Å². The Morgan fingerprint density at radius 2 is 2.10 bits per heavy atom. The summed E-state index contributed by atoms with van der Waals surface area (Å²) in [4.78, 5) is 0. The number of hydrogen-bond donors (Lipinski definition) is 1. The minimum Gasteiger partial charge on any atom is -1.00 e. The van der Waals surface area contributed by atoms with Gasteiger partial charge in [-0.1, -0.05) is 0 Å². The van der Waals surface area contributed by atoms with Gasteiger partial charge in [0.25, 0.3) is 0 Å². The Labute approximate surface area is 79.1 Å². The minimum absolute atomic E-state index is 0. The molecule has 0 fully saturated rings. The summed E-state index contributed by atoms with van der Waals surface area (Å²) in [6, 6.07) is 0. The van der Waals surface area contributed by atoms with Crippen LogP contribution in [0, 0.1) is 5.75 Å². The maximum Gasteiger partial charge on any atom is -1.00 e. The second kappa shape index (κ2) is 6.38. The van der Waals surface area contributed by atoms with E-state index in [0.29, 0.717) is 11.0 Å². The molecule has 0 heterocycles. The molecule has 0 aromatic rings. The van der Waals surface area contributed by atoms with Crippen LogP contribution < -0.4 is 24.0 Å². The van der Waals surface area contributed by atoms with E-state index in [2.05, 4.69) is 5.75 Å². The van der Waals surface area contributed by atoms with Gasteiger partial charge in [-0.15, -0.1) is 0 Å². The van der Waals surface area contributed by atoms with Crippen molar-refractivity contribution in [1.29, 1.82) is 0 Å². The van der Waals surface area contributed by atoms with Crippen LogP contribution in [0.15, 0.2) is 0 Å². The average molecular weight is 275 g/mol. The zero-order valence-electron chi connectivity index (χ0n) is 6.04. The number of nitrogens with zero attached hydrogens (tertiary/aromatic N) is 1. The fourth-order valence-electron chi connectivity index (χ4n) is 0.411. The summed E-state index contributed by atoms with van der Waals surface area (Å²) >= 11 is 0. The second-order valence-electron chi connectivity index (χ2n) is 2.32. The predicted octanol–water partition coefficient (Wildman–Crippen LogP) is -2.73. The smallest absolute Gasteiger partial charge is 1.00 e. The Hall–Kier alpha value is 0.660. The van der Waals surface area contributed by atoms with E-state index in [1.807, 2.05) is 14.1 Å². The van der Waals surface area contributed by atoms with Crippen molar-refractivity contribution in [1.82, 2.24) is 0 Å². The number of quaternary nitrogens is 1. The third-order valence-electron chi connectivity index (χ3n) is 0.971. The molecule has 5 heteroatoms. The molecule has 0 atom stereocenters. The van der Waals surface area contributed by atoms with Crippen LogP contribution in [-0.2, 0) is 4.57 Å². The van der Waals surface area contributed by atoms with E-state index in [-0.39, 0.29) is 38.5 Å². The van der Waals surface area contributed by atoms with Crippen molar-refractivity contribution in [2.75, 3.05) is 27.2 Å². The Bertz CT molecular complexity index is 175. The van der Waals surface area contributed by atoms with Crippen LogP contribution in [0.1, 0.15) is 0 Å². The fraction of sp³-hybridized carbons (Fsp3) is 0.800. The van der Waals surface area contributed by atoms with Crippen molar-refractivity contribution in [2.24, 2.45) is 0 Å². The molecular formula is C5H11INO2P. The first-order valence-electron chi connectivity index (χ1n) is 2.66. The Balaban J connectivity index is 0. The van der Waals surface area contributed by atoms with Crippen LogP contribution >= 0.6 is 7.92 Å². The first-order chi connectivity index (χ1) is 4.12. The second-order valence-corrected chi connectivity index (χ2v) is 2.71. The number of halogens is 1. The molecule has 0 aromatic carbocycles. The Morgan fingerprint density at radius 1 is 1.60 bits per heavy atom. The van der Waals surface area contributed by atoms with Crippen molar-refractivity contribution in [2.45, 2.75) is 0 Å². The van der Waals surface area contributed by atoms with E-state index >= 15 is 0 Å². The molecule has 0 rings (SSSR count). The molecule has 0 saturated heterocycles. The fourth-order valence-corrected chi connectivity index (χ4v) is 0.732. The van der Waals surface area contributed by atoms with E-state index in [1.54, 1.807) is 0 Å². The molecule has 10 heavy (non-hydrogen) atoms. The topological polar surface area (TPSA) is 37.3 Å². The van der Waals surface area contributed by atoms with Gasteiger partial charge in [0.2, 0.25) is 0 Å². The van der Waals surface area contributed by atoms with E-state index in [1.165, 1.54) is 0 Å². The van der Waals surface area contributed by atoms with Gasteiger partial charge in [0, 0.05) is 0 Å². The minimum atomic E-state index is -0.105. The molecule has 0 saturated carbocycles. The van der Waals surface area contributed by atoms with E-state index < -0.39 is 0 Å². The molecule has 0 amide bonds.